The maximum Gasteiger partial charge on any atom is 0.332 e. The zero-order valence-electron chi connectivity index (χ0n) is 16.4. The molecule has 0 fully saturated rings. The van der Waals surface area contributed by atoms with Crippen molar-refractivity contribution in [2.45, 2.75) is 6.42 Å². The second kappa shape index (κ2) is 7.53. The summed E-state index contributed by atoms with van der Waals surface area (Å²) in [4.78, 5) is 38.5. The van der Waals surface area contributed by atoms with E-state index in [-0.39, 0.29) is 19.1 Å². The molecule has 1 aromatic heterocycles. The van der Waals surface area contributed by atoms with Crippen molar-refractivity contribution < 1.29 is 14.3 Å². The quantitative estimate of drug-likeness (QED) is 0.689. The minimum absolute atomic E-state index is 0.0224. The summed E-state index contributed by atoms with van der Waals surface area (Å²) in [5.41, 5.74) is 0.535. The Morgan fingerprint density at radius 3 is 2.69 bits per heavy atom. The number of ether oxygens (including phenoxy) is 2. The molecule has 0 aliphatic carbocycles. The van der Waals surface area contributed by atoms with Crippen LogP contribution in [0.5, 0.6) is 11.5 Å². The van der Waals surface area contributed by atoms with E-state index in [2.05, 4.69) is 10.6 Å². The van der Waals surface area contributed by atoms with E-state index in [0.29, 0.717) is 37.7 Å². The molecule has 4 rings (SSSR count). The fourth-order valence-corrected chi connectivity index (χ4v) is 3.52. The fraction of sp³-hybridized carbons (Fsp3) is 0.421. The Morgan fingerprint density at radius 2 is 1.90 bits per heavy atom. The number of amides is 1. The SMILES string of the molecule is Cn1c2c(c(=O)n(C)c1=O)N(CC(=O)NCCc1ccc3c(c1)OCCO3)CN2. The van der Waals surface area contributed by atoms with Crippen LogP contribution in [0, 0.1) is 0 Å². The van der Waals surface area contributed by atoms with Crippen LogP contribution in [0.15, 0.2) is 27.8 Å². The van der Waals surface area contributed by atoms with Gasteiger partial charge in [0.25, 0.3) is 5.56 Å². The normalized spacial score (nSPS) is 14.3. The van der Waals surface area contributed by atoms with Crippen LogP contribution in [-0.4, -0.2) is 48.0 Å². The first-order chi connectivity index (χ1) is 14.0. The number of fused-ring (bicyclic) bond motifs is 2. The number of aromatic nitrogens is 2. The Kier molecular flexibility index (Phi) is 4.91. The second-order valence-electron chi connectivity index (χ2n) is 7.01. The number of nitrogens with one attached hydrogen (secondary N) is 2. The van der Waals surface area contributed by atoms with Gasteiger partial charge >= 0.3 is 5.69 Å². The molecule has 3 heterocycles. The van der Waals surface area contributed by atoms with Crippen molar-refractivity contribution in [3.05, 3.63) is 44.6 Å². The van der Waals surface area contributed by atoms with Gasteiger partial charge in [-0.05, 0) is 24.1 Å². The van der Waals surface area contributed by atoms with Crippen LogP contribution in [0.4, 0.5) is 11.5 Å². The standard InChI is InChI=1S/C19H23N5O5/c1-22-17-16(18(26)23(2)19(22)27)24(11-21-17)10-15(25)20-6-5-12-3-4-13-14(9-12)29-8-7-28-13/h3-4,9,21H,5-8,10-11H2,1-2H3,(H,20,25). The third-order valence-corrected chi connectivity index (χ3v) is 5.07. The highest BCUT2D eigenvalue weighted by Crippen LogP contribution is 2.30. The van der Waals surface area contributed by atoms with Gasteiger partial charge in [0.15, 0.2) is 11.5 Å². The van der Waals surface area contributed by atoms with Crippen molar-refractivity contribution >= 4 is 17.4 Å². The molecule has 10 nitrogen and oxygen atoms in total. The predicted molar refractivity (Wildman–Crippen MR) is 107 cm³/mol. The third kappa shape index (κ3) is 3.53. The smallest absolute Gasteiger partial charge is 0.332 e. The van der Waals surface area contributed by atoms with E-state index >= 15 is 0 Å². The first kappa shape index (κ1) is 18.9. The van der Waals surface area contributed by atoms with Gasteiger partial charge in [-0.3, -0.25) is 18.7 Å². The van der Waals surface area contributed by atoms with Gasteiger partial charge in [-0.25, -0.2) is 4.79 Å². The Labute approximate surface area is 166 Å². The minimum atomic E-state index is -0.419. The molecule has 154 valence electrons. The zero-order chi connectivity index (χ0) is 20.5. The van der Waals surface area contributed by atoms with Crippen molar-refractivity contribution in [2.24, 2.45) is 14.1 Å². The molecule has 0 bridgehead atoms. The van der Waals surface area contributed by atoms with Gasteiger partial charge in [-0.15, -0.1) is 0 Å². The van der Waals surface area contributed by atoms with Gasteiger partial charge in [0.1, 0.15) is 24.7 Å². The van der Waals surface area contributed by atoms with Crippen LogP contribution < -0.4 is 36.3 Å². The van der Waals surface area contributed by atoms with Crippen molar-refractivity contribution in [2.75, 3.05) is 43.2 Å². The summed E-state index contributed by atoms with van der Waals surface area (Å²) in [7, 11) is 3.01. The van der Waals surface area contributed by atoms with Crippen LogP contribution in [0.2, 0.25) is 0 Å². The molecule has 1 aromatic carbocycles. The van der Waals surface area contributed by atoms with Crippen LogP contribution in [0.3, 0.4) is 0 Å². The number of carbonyl (C=O) groups excluding carboxylic acids is 1. The maximum atomic E-state index is 12.5. The van der Waals surface area contributed by atoms with E-state index in [9.17, 15) is 14.4 Å². The average molecular weight is 401 g/mol. The summed E-state index contributed by atoms with van der Waals surface area (Å²) < 4.78 is 13.5. The lowest BCUT2D eigenvalue weighted by atomic mass is 10.1. The first-order valence-corrected chi connectivity index (χ1v) is 9.40. The molecule has 2 N–H and O–H groups in total. The lowest BCUT2D eigenvalue weighted by Crippen LogP contribution is -2.42. The molecule has 0 unspecified atom stereocenters. The van der Waals surface area contributed by atoms with Gasteiger partial charge in [0.05, 0.1) is 13.2 Å². The summed E-state index contributed by atoms with van der Waals surface area (Å²) >= 11 is 0. The molecule has 2 aromatic rings. The maximum absolute atomic E-state index is 12.5. The number of nitrogens with zero attached hydrogens (tertiary/aromatic N) is 3. The van der Waals surface area contributed by atoms with E-state index in [1.54, 1.807) is 11.9 Å². The Balaban J connectivity index is 1.36. The van der Waals surface area contributed by atoms with Crippen molar-refractivity contribution in [3.63, 3.8) is 0 Å². The molecule has 2 aliphatic heterocycles. The summed E-state index contributed by atoms with van der Waals surface area (Å²) in [5, 5.41) is 5.88. The molecule has 29 heavy (non-hydrogen) atoms. The number of rotatable bonds is 5. The van der Waals surface area contributed by atoms with E-state index in [1.807, 2.05) is 18.2 Å². The van der Waals surface area contributed by atoms with Gasteiger partial charge in [0, 0.05) is 20.6 Å². The molecule has 1 amide bonds. The first-order valence-electron chi connectivity index (χ1n) is 9.40. The highest BCUT2D eigenvalue weighted by Gasteiger charge is 2.28. The van der Waals surface area contributed by atoms with Gasteiger partial charge in [0.2, 0.25) is 5.91 Å². The fourth-order valence-electron chi connectivity index (χ4n) is 3.52. The van der Waals surface area contributed by atoms with Gasteiger partial charge in [-0.2, -0.15) is 0 Å². The van der Waals surface area contributed by atoms with Crippen LogP contribution in [0.25, 0.3) is 0 Å². The van der Waals surface area contributed by atoms with Crippen molar-refractivity contribution in [1.82, 2.24) is 14.5 Å². The molecule has 0 radical (unpaired) electrons. The lowest BCUT2D eigenvalue weighted by Gasteiger charge is -2.19. The highest BCUT2D eigenvalue weighted by molar-refractivity contribution is 5.84. The molecular formula is C19H23N5O5. The number of benzene rings is 1. The molecule has 0 saturated heterocycles. The van der Waals surface area contributed by atoms with Gasteiger partial charge in [-0.1, -0.05) is 6.07 Å². The summed E-state index contributed by atoms with van der Waals surface area (Å²) in [6.07, 6.45) is 0.646. The van der Waals surface area contributed by atoms with Crippen LogP contribution in [0.1, 0.15) is 5.56 Å². The summed E-state index contributed by atoms with van der Waals surface area (Å²) in [6, 6.07) is 5.74. The Morgan fingerprint density at radius 1 is 1.14 bits per heavy atom. The van der Waals surface area contributed by atoms with Gasteiger partial charge < -0.3 is 25.0 Å². The molecular weight excluding hydrogens is 378 g/mol. The number of hydrogen-bond donors (Lipinski definition) is 2. The molecule has 0 spiro atoms. The summed E-state index contributed by atoms with van der Waals surface area (Å²) in [5.74, 6) is 1.69. The molecule has 2 aliphatic rings. The molecule has 10 heteroatoms. The average Bonchev–Trinajstić information content (AvgIpc) is 3.14. The minimum Gasteiger partial charge on any atom is -0.486 e. The number of hydrogen-bond acceptors (Lipinski definition) is 7. The number of anilines is 2. The van der Waals surface area contributed by atoms with E-state index in [4.69, 9.17) is 9.47 Å². The predicted octanol–water partition coefficient (Wildman–Crippen LogP) is -0.596. The number of carbonyl (C=O) groups is 1. The van der Waals surface area contributed by atoms with E-state index in [0.717, 1.165) is 21.6 Å². The van der Waals surface area contributed by atoms with Crippen LogP contribution in [-0.2, 0) is 25.3 Å². The highest BCUT2D eigenvalue weighted by atomic mass is 16.6. The Hall–Kier alpha value is -3.43. The molecule has 0 saturated carbocycles. The van der Waals surface area contributed by atoms with E-state index in [1.165, 1.54) is 11.6 Å². The van der Waals surface area contributed by atoms with E-state index < -0.39 is 11.2 Å². The van der Waals surface area contributed by atoms with Crippen molar-refractivity contribution in [1.29, 1.82) is 0 Å². The topological polar surface area (TPSA) is 107 Å². The third-order valence-electron chi connectivity index (χ3n) is 5.07. The zero-order valence-corrected chi connectivity index (χ0v) is 16.4. The molecule has 0 atom stereocenters. The largest absolute Gasteiger partial charge is 0.486 e. The summed E-state index contributed by atoms with van der Waals surface area (Å²) in [6.45, 7) is 1.85. The van der Waals surface area contributed by atoms with Crippen molar-refractivity contribution in [3.8, 4) is 11.5 Å². The lowest BCUT2D eigenvalue weighted by molar-refractivity contribution is -0.119. The second-order valence-corrected chi connectivity index (χ2v) is 7.01. The monoisotopic (exact) mass is 401 g/mol. The Bertz CT molecular complexity index is 1070. The van der Waals surface area contributed by atoms with Crippen LogP contribution >= 0.6 is 0 Å².